The number of aromatic nitrogens is 2. The third kappa shape index (κ3) is 4.48. The number of hydrogen-bond donors (Lipinski definition) is 1. The molecule has 1 unspecified atom stereocenters. The first kappa shape index (κ1) is 19.6. The van der Waals surface area contributed by atoms with Crippen LogP contribution in [0.25, 0.3) is 11.3 Å². The SMILES string of the molecule is CC[C@H]1CCCC1C(=O)c1ccc(Nc2nccc(-c3ccc(Cl)cc3)n2)cc1. The van der Waals surface area contributed by atoms with Crippen molar-refractivity contribution in [1.82, 2.24) is 9.97 Å². The average molecular weight is 406 g/mol. The molecule has 1 aliphatic carbocycles. The molecule has 0 spiro atoms. The summed E-state index contributed by atoms with van der Waals surface area (Å²) in [5.74, 6) is 1.50. The van der Waals surface area contributed by atoms with E-state index in [-0.39, 0.29) is 11.7 Å². The van der Waals surface area contributed by atoms with E-state index in [2.05, 4.69) is 22.2 Å². The molecule has 148 valence electrons. The third-order valence-corrected chi connectivity index (χ3v) is 5.99. The summed E-state index contributed by atoms with van der Waals surface area (Å²) in [7, 11) is 0. The summed E-state index contributed by atoms with van der Waals surface area (Å²) in [6.07, 6.45) is 6.16. The van der Waals surface area contributed by atoms with Crippen LogP contribution < -0.4 is 5.32 Å². The van der Waals surface area contributed by atoms with Crippen molar-refractivity contribution in [3.8, 4) is 11.3 Å². The lowest BCUT2D eigenvalue weighted by Gasteiger charge is -2.16. The smallest absolute Gasteiger partial charge is 0.227 e. The summed E-state index contributed by atoms with van der Waals surface area (Å²) in [6, 6.07) is 17.1. The van der Waals surface area contributed by atoms with E-state index in [1.54, 1.807) is 6.20 Å². The van der Waals surface area contributed by atoms with Crippen molar-refractivity contribution in [1.29, 1.82) is 0 Å². The normalized spacial score (nSPS) is 18.6. The lowest BCUT2D eigenvalue weighted by molar-refractivity contribution is 0.0889. The van der Waals surface area contributed by atoms with Gasteiger partial charge in [0.1, 0.15) is 0 Å². The predicted octanol–water partition coefficient (Wildman–Crippen LogP) is 6.55. The Morgan fingerprint density at radius 3 is 2.55 bits per heavy atom. The Bertz CT molecular complexity index is 986. The van der Waals surface area contributed by atoms with Crippen molar-refractivity contribution in [3.63, 3.8) is 0 Å². The van der Waals surface area contributed by atoms with E-state index in [9.17, 15) is 4.79 Å². The number of benzene rings is 2. The Morgan fingerprint density at radius 2 is 1.83 bits per heavy atom. The summed E-state index contributed by atoms with van der Waals surface area (Å²) in [4.78, 5) is 21.7. The second-order valence-corrected chi connectivity index (χ2v) is 7.98. The van der Waals surface area contributed by atoms with Gasteiger partial charge in [0.2, 0.25) is 5.95 Å². The molecule has 5 heteroatoms. The highest BCUT2D eigenvalue weighted by molar-refractivity contribution is 6.30. The standard InChI is InChI=1S/C24H24ClN3O/c1-2-16-4-3-5-21(16)23(29)18-8-12-20(13-9-18)27-24-26-15-14-22(28-24)17-6-10-19(25)11-7-17/h6-16,21H,2-5H2,1H3,(H,26,27,28)/t16-,21?/m0/s1. The zero-order valence-electron chi connectivity index (χ0n) is 16.4. The number of hydrogen-bond acceptors (Lipinski definition) is 4. The van der Waals surface area contributed by atoms with Crippen molar-refractivity contribution >= 4 is 29.0 Å². The maximum atomic E-state index is 12.9. The molecular formula is C24H24ClN3O. The highest BCUT2D eigenvalue weighted by atomic mass is 35.5. The lowest BCUT2D eigenvalue weighted by Crippen LogP contribution is -2.18. The van der Waals surface area contributed by atoms with Crippen LogP contribution in [0.15, 0.2) is 60.8 Å². The number of rotatable bonds is 6. The Labute approximate surface area is 176 Å². The molecule has 0 saturated heterocycles. The number of carbonyl (C=O) groups excluding carboxylic acids is 1. The molecule has 1 aromatic heterocycles. The number of nitrogens with zero attached hydrogens (tertiary/aromatic N) is 2. The highest BCUT2D eigenvalue weighted by Crippen LogP contribution is 2.36. The van der Waals surface area contributed by atoms with Gasteiger partial charge in [-0.15, -0.1) is 0 Å². The molecule has 2 atom stereocenters. The van der Waals surface area contributed by atoms with Gasteiger partial charge in [-0.2, -0.15) is 0 Å². The molecule has 0 aliphatic heterocycles. The van der Waals surface area contributed by atoms with Crippen molar-refractivity contribution in [2.75, 3.05) is 5.32 Å². The van der Waals surface area contributed by atoms with Crippen LogP contribution in [0.1, 0.15) is 43.0 Å². The van der Waals surface area contributed by atoms with Crippen LogP contribution >= 0.6 is 11.6 Å². The van der Waals surface area contributed by atoms with E-state index >= 15 is 0 Å². The molecule has 4 nitrogen and oxygen atoms in total. The lowest BCUT2D eigenvalue weighted by atomic mass is 9.87. The van der Waals surface area contributed by atoms with E-state index in [1.165, 1.54) is 6.42 Å². The first-order valence-electron chi connectivity index (χ1n) is 10.1. The number of ketones is 1. The van der Waals surface area contributed by atoms with Gasteiger partial charge in [0.15, 0.2) is 5.78 Å². The Morgan fingerprint density at radius 1 is 1.07 bits per heavy atom. The van der Waals surface area contributed by atoms with Gasteiger partial charge in [0.05, 0.1) is 5.69 Å². The van der Waals surface area contributed by atoms with Crippen LogP contribution in [0.4, 0.5) is 11.6 Å². The Hall–Kier alpha value is -2.72. The molecule has 3 aromatic rings. The van der Waals surface area contributed by atoms with Gasteiger partial charge in [0.25, 0.3) is 0 Å². The Balaban J connectivity index is 1.47. The number of halogens is 1. The molecule has 1 N–H and O–H groups in total. The monoisotopic (exact) mass is 405 g/mol. The zero-order valence-corrected chi connectivity index (χ0v) is 17.2. The summed E-state index contributed by atoms with van der Waals surface area (Å²) in [5.41, 5.74) is 3.44. The molecule has 0 bridgehead atoms. The molecule has 29 heavy (non-hydrogen) atoms. The molecule has 0 amide bonds. The van der Waals surface area contributed by atoms with E-state index in [1.807, 2.05) is 54.6 Å². The fourth-order valence-corrected chi connectivity index (χ4v) is 4.26. The van der Waals surface area contributed by atoms with Gasteiger partial charge in [-0.25, -0.2) is 9.97 Å². The van der Waals surface area contributed by atoms with Gasteiger partial charge in [0, 0.05) is 34.0 Å². The molecule has 1 aliphatic rings. The summed E-state index contributed by atoms with van der Waals surface area (Å²) < 4.78 is 0. The van der Waals surface area contributed by atoms with Gasteiger partial charge in [-0.1, -0.05) is 43.5 Å². The maximum absolute atomic E-state index is 12.9. The topological polar surface area (TPSA) is 54.9 Å². The highest BCUT2D eigenvalue weighted by Gasteiger charge is 2.31. The molecule has 1 heterocycles. The van der Waals surface area contributed by atoms with Crippen LogP contribution in [0.5, 0.6) is 0 Å². The molecule has 4 rings (SSSR count). The molecule has 2 aromatic carbocycles. The van der Waals surface area contributed by atoms with Crippen molar-refractivity contribution < 1.29 is 4.79 Å². The van der Waals surface area contributed by atoms with Crippen molar-refractivity contribution in [2.45, 2.75) is 32.6 Å². The molecule has 1 saturated carbocycles. The van der Waals surface area contributed by atoms with E-state index in [0.29, 0.717) is 16.9 Å². The summed E-state index contributed by atoms with van der Waals surface area (Å²) in [6.45, 7) is 2.18. The summed E-state index contributed by atoms with van der Waals surface area (Å²) >= 11 is 5.96. The fraction of sp³-hybridized carbons (Fsp3) is 0.292. The second kappa shape index (κ2) is 8.75. The van der Waals surface area contributed by atoms with Crippen LogP contribution in [-0.2, 0) is 0 Å². The minimum absolute atomic E-state index is 0.179. The van der Waals surface area contributed by atoms with Gasteiger partial charge < -0.3 is 5.32 Å². The van der Waals surface area contributed by atoms with Crippen LogP contribution in [-0.4, -0.2) is 15.8 Å². The number of anilines is 2. The quantitative estimate of drug-likeness (QED) is 0.472. The fourth-order valence-electron chi connectivity index (χ4n) is 4.13. The Kier molecular flexibility index (Phi) is 5.91. The number of nitrogens with one attached hydrogen (secondary N) is 1. The first-order valence-corrected chi connectivity index (χ1v) is 10.5. The van der Waals surface area contributed by atoms with Gasteiger partial charge in [-0.3, -0.25) is 4.79 Å². The average Bonchev–Trinajstić information content (AvgIpc) is 3.23. The van der Waals surface area contributed by atoms with E-state index in [0.717, 1.165) is 41.8 Å². The minimum atomic E-state index is 0.179. The molecule has 1 fully saturated rings. The van der Waals surface area contributed by atoms with Crippen molar-refractivity contribution in [3.05, 3.63) is 71.4 Å². The number of carbonyl (C=O) groups is 1. The largest absolute Gasteiger partial charge is 0.324 e. The number of Topliss-reactive ketones (excluding diaryl/α,β-unsaturated/α-hetero) is 1. The first-order chi connectivity index (χ1) is 14.1. The van der Waals surface area contributed by atoms with Crippen LogP contribution in [0.2, 0.25) is 5.02 Å². The van der Waals surface area contributed by atoms with Gasteiger partial charge in [-0.05, 0) is 61.2 Å². The maximum Gasteiger partial charge on any atom is 0.227 e. The zero-order chi connectivity index (χ0) is 20.2. The summed E-state index contributed by atoms with van der Waals surface area (Å²) in [5, 5.41) is 3.91. The minimum Gasteiger partial charge on any atom is -0.324 e. The molecule has 0 radical (unpaired) electrons. The van der Waals surface area contributed by atoms with Gasteiger partial charge >= 0.3 is 0 Å². The van der Waals surface area contributed by atoms with E-state index in [4.69, 9.17) is 11.6 Å². The molecular weight excluding hydrogens is 382 g/mol. The van der Waals surface area contributed by atoms with Crippen molar-refractivity contribution in [2.24, 2.45) is 11.8 Å². The van der Waals surface area contributed by atoms with Crippen LogP contribution in [0.3, 0.4) is 0 Å². The third-order valence-electron chi connectivity index (χ3n) is 5.74. The van der Waals surface area contributed by atoms with E-state index < -0.39 is 0 Å². The second-order valence-electron chi connectivity index (χ2n) is 7.54. The van der Waals surface area contributed by atoms with Crippen LogP contribution in [0, 0.1) is 11.8 Å². The predicted molar refractivity (Wildman–Crippen MR) is 118 cm³/mol.